The van der Waals surface area contributed by atoms with Gasteiger partial charge in [-0.15, -0.1) is 0 Å². The van der Waals surface area contributed by atoms with Gasteiger partial charge in [-0.25, -0.2) is 4.79 Å². The fraction of sp³-hybridized carbons (Fsp3) is 0.500. The van der Waals surface area contributed by atoms with Gasteiger partial charge in [-0.1, -0.05) is 6.07 Å². The van der Waals surface area contributed by atoms with E-state index in [1.165, 1.54) is 6.07 Å². The molecule has 0 aromatic heterocycles. The lowest BCUT2D eigenvalue weighted by atomic mass is 10.1. The molecule has 1 aromatic carbocycles. The lowest BCUT2D eigenvalue weighted by molar-refractivity contribution is -0.139. The number of likely N-dealkylation sites (N-methyl/N-ethyl adjacent to an activating group) is 1. The van der Waals surface area contributed by atoms with E-state index in [9.17, 15) is 14.4 Å². The summed E-state index contributed by atoms with van der Waals surface area (Å²) in [4.78, 5) is 39.4. The quantitative estimate of drug-likeness (QED) is 0.809. The van der Waals surface area contributed by atoms with Crippen molar-refractivity contribution in [3.8, 4) is 5.75 Å². The van der Waals surface area contributed by atoms with Gasteiger partial charge in [0, 0.05) is 25.2 Å². The van der Waals surface area contributed by atoms with E-state index in [-0.39, 0.29) is 11.8 Å². The summed E-state index contributed by atoms with van der Waals surface area (Å²) in [5.74, 6) is -1.02. The highest BCUT2D eigenvalue weighted by Gasteiger charge is 2.36. The number of carboxylic acids is 1. The van der Waals surface area contributed by atoms with Crippen LogP contribution in [0, 0.1) is 0 Å². The molecule has 7 heteroatoms. The second-order valence-electron chi connectivity index (χ2n) is 5.88. The summed E-state index contributed by atoms with van der Waals surface area (Å²) in [6.07, 6.45) is 1.45. The zero-order valence-electron chi connectivity index (χ0n) is 14.6. The number of carbonyl (C=O) groups excluding carboxylic acids is 2. The second kappa shape index (κ2) is 8.50. The van der Waals surface area contributed by atoms with Crippen molar-refractivity contribution in [2.24, 2.45) is 0 Å². The first kappa shape index (κ1) is 18.8. The van der Waals surface area contributed by atoms with Crippen molar-refractivity contribution in [1.29, 1.82) is 0 Å². The maximum absolute atomic E-state index is 12.8. The van der Waals surface area contributed by atoms with Crippen molar-refractivity contribution in [3.05, 3.63) is 29.8 Å². The molecule has 1 aliphatic heterocycles. The molecule has 0 bridgehead atoms. The third kappa shape index (κ3) is 4.49. The van der Waals surface area contributed by atoms with Gasteiger partial charge in [-0.2, -0.15) is 0 Å². The highest BCUT2D eigenvalue weighted by Crippen LogP contribution is 2.23. The van der Waals surface area contributed by atoms with Crippen LogP contribution in [0.15, 0.2) is 24.3 Å². The van der Waals surface area contributed by atoms with Gasteiger partial charge in [-0.3, -0.25) is 9.59 Å². The van der Waals surface area contributed by atoms with E-state index in [0.29, 0.717) is 37.4 Å². The minimum atomic E-state index is -1.08. The van der Waals surface area contributed by atoms with Gasteiger partial charge in [0.1, 0.15) is 11.8 Å². The van der Waals surface area contributed by atoms with E-state index >= 15 is 0 Å². The molecule has 1 atom stereocenters. The van der Waals surface area contributed by atoms with Gasteiger partial charge in [0.15, 0.2) is 6.61 Å². The predicted molar refractivity (Wildman–Crippen MR) is 91.6 cm³/mol. The molecule has 136 valence electrons. The van der Waals surface area contributed by atoms with Crippen molar-refractivity contribution in [3.63, 3.8) is 0 Å². The summed E-state index contributed by atoms with van der Waals surface area (Å²) < 4.78 is 5.12. The van der Waals surface area contributed by atoms with Crippen LogP contribution in [0.4, 0.5) is 0 Å². The first-order valence-electron chi connectivity index (χ1n) is 8.52. The topological polar surface area (TPSA) is 87.2 Å². The SMILES string of the molecule is CCN(CC)C(=O)C1CCCN1C(=O)c1cccc(OCC(=O)O)c1. The molecule has 1 N–H and O–H groups in total. The number of hydrogen-bond acceptors (Lipinski definition) is 4. The number of carbonyl (C=O) groups is 3. The molecule has 0 aliphatic carbocycles. The van der Waals surface area contributed by atoms with E-state index in [2.05, 4.69) is 0 Å². The predicted octanol–water partition coefficient (Wildman–Crippen LogP) is 1.62. The average molecular weight is 348 g/mol. The number of amides is 2. The molecule has 1 heterocycles. The Morgan fingerprint density at radius 2 is 2.00 bits per heavy atom. The molecule has 1 fully saturated rings. The minimum Gasteiger partial charge on any atom is -0.482 e. The van der Waals surface area contributed by atoms with Crippen LogP contribution in [0.25, 0.3) is 0 Å². The standard InChI is InChI=1S/C18H24N2O5/c1-3-19(4-2)18(24)15-9-6-10-20(15)17(23)13-7-5-8-14(11-13)25-12-16(21)22/h5,7-8,11,15H,3-4,6,9-10,12H2,1-2H3,(H,21,22). The van der Waals surface area contributed by atoms with Gasteiger partial charge >= 0.3 is 5.97 Å². The summed E-state index contributed by atoms with van der Waals surface area (Å²) in [7, 11) is 0. The Labute approximate surface area is 147 Å². The van der Waals surface area contributed by atoms with Gasteiger partial charge < -0.3 is 19.6 Å². The van der Waals surface area contributed by atoms with Crippen molar-refractivity contribution < 1.29 is 24.2 Å². The van der Waals surface area contributed by atoms with Crippen molar-refractivity contribution in [1.82, 2.24) is 9.80 Å². The fourth-order valence-electron chi connectivity index (χ4n) is 3.04. The van der Waals surface area contributed by atoms with Crippen LogP contribution < -0.4 is 4.74 Å². The smallest absolute Gasteiger partial charge is 0.341 e. The van der Waals surface area contributed by atoms with Crippen LogP contribution >= 0.6 is 0 Å². The fourth-order valence-corrected chi connectivity index (χ4v) is 3.04. The van der Waals surface area contributed by atoms with Crippen molar-refractivity contribution in [2.75, 3.05) is 26.2 Å². The molecule has 1 aromatic rings. The number of aliphatic carboxylic acids is 1. The monoisotopic (exact) mass is 348 g/mol. The van der Waals surface area contributed by atoms with E-state index in [1.54, 1.807) is 28.0 Å². The molecule has 0 radical (unpaired) electrons. The molecule has 2 amide bonds. The van der Waals surface area contributed by atoms with E-state index in [4.69, 9.17) is 9.84 Å². The third-order valence-corrected chi connectivity index (χ3v) is 4.32. The molecule has 25 heavy (non-hydrogen) atoms. The average Bonchev–Trinajstić information content (AvgIpc) is 3.10. The molecule has 2 rings (SSSR count). The van der Waals surface area contributed by atoms with Crippen molar-refractivity contribution >= 4 is 17.8 Å². The third-order valence-electron chi connectivity index (χ3n) is 4.32. The summed E-state index contributed by atoms with van der Waals surface area (Å²) in [6.45, 7) is 5.15. The van der Waals surface area contributed by atoms with Gasteiger partial charge in [0.2, 0.25) is 5.91 Å². The number of hydrogen-bond donors (Lipinski definition) is 1. The first-order chi connectivity index (χ1) is 12.0. The number of likely N-dealkylation sites (tertiary alicyclic amines) is 1. The minimum absolute atomic E-state index is 0.0193. The summed E-state index contributed by atoms with van der Waals surface area (Å²) in [5.41, 5.74) is 0.391. The molecule has 1 unspecified atom stereocenters. The highest BCUT2D eigenvalue weighted by molar-refractivity contribution is 5.98. The number of ether oxygens (including phenoxy) is 1. The molecule has 1 saturated heterocycles. The first-order valence-corrected chi connectivity index (χ1v) is 8.52. The van der Waals surface area contributed by atoms with Crippen LogP contribution in [-0.4, -0.2) is 65.0 Å². The Morgan fingerprint density at radius 3 is 2.64 bits per heavy atom. The summed E-state index contributed by atoms with van der Waals surface area (Å²) in [6, 6.07) is 5.97. The zero-order valence-corrected chi connectivity index (χ0v) is 14.6. The lowest BCUT2D eigenvalue weighted by Gasteiger charge is -2.29. The second-order valence-corrected chi connectivity index (χ2v) is 5.88. The zero-order chi connectivity index (χ0) is 18.4. The Kier molecular flexibility index (Phi) is 6.38. The van der Waals surface area contributed by atoms with Crippen LogP contribution in [0.1, 0.15) is 37.0 Å². The molecular weight excluding hydrogens is 324 g/mol. The molecule has 0 spiro atoms. The number of nitrogens with zero attached hydrogens (tertiary/aromatic N) is 2. The lowest BCUT2D eigenvalue weighted by Crippen LogP contribution is -2.47. The van der Waals surface area contributed by atoms with Crippen LogP contribution in [0.2, 0.25) is 0 Å². The highest BCUT2D eigenvalue weighted by atomic mass is 16.5. The molecular formula is C18H24N2O5. The van der Waals surface area contributed by atoms with Crippen LogP contribution in [0.3, 0.4) is 0 Å². The Bertz CT molecular complexity index is 642. The maximum atomic E-state index is 12.8. The Balaban J connectivity index is 2.14. The maximum Gasteiger partial charge on any atom is 0.341 e. The van der Waals surface area contributed by atoms with Crippen LogP contribution in [0.5, 0.6) is 5.75 Å². The number of carboxylic acid groups (broad SMARTS) is 1. The summed E-state index contributed by atoms with van der Waals surface area (Å²) >= 11 is 0. The molecule has 1 aliphatic rings. The number of rotatable bonds is 7. The Morgan fingerprint density at radius 1 is 1.28 bits per heavy atom. The van der Waals surface area contributed by atoms with E-state index < -0.39 is 18.6 Å². The van der Waals surface area contributed by atoms with Crippen LogP contribution in [-0.2, 0) is 9.59 Å². The van der Waals surface area contributed by atoms with Crippen molar-refractivity contribution in [2.45, 2.75) is 32.7 Å². The van der Waals surface area contributed by atoms with Gasteiger partial charge in [0.05, 0.1) is 0 Å². The van der Waals surface area contributed by atoms with E-state index in [0.717, 1.165) is 6.42 Å². The number of benzene rings is 1. The normalized spacial score (nSPS) is 16.6. The van der Waals surface area contributed by atoms with Gasteiger partial charge in [-0.05, 0) is 44.9 Å². The summed E-state index contributed by atoms with van der Waals surface area (Å²) in [5, 5.41) is 8.68. The molecule has 7 nitrogen and oxygen atoms in total. The molecule has 0 saturated carbocycles. The van der Waals surface area contributed by atoms with Gasteiger partial charge in [0.25, 0.3) is 5.91 Å². The van der Waals surface area contributed by atoms with E-state index in [1.807, 2.05) is 13.8 Å². The largest absolute Gasteiger partial charge is 0.482 e. The Hall–Kier alpha value is -2.57.